The number of nitrogens with zero attached hydrogens (tertiary/aromatic N) is 3. The minimum atomic E-state index is -3.87. The van der Waals surface area contributed by atoms with Crippen molar-refractivity contribution < 1.29 is 13.2 Å². The molecule has 3 aromatic rings. The standard InChI is InChI=1S/C21H23ClN4O3S/c1-29-19-13-11-18(12-14-19)26-20(15-7-9-16(22)10-8-15)23-24-21(26)30(27,28)25-17-5-3-2-4-6-17/h7-14,17,25H,2-6H2,1H3. The highest BCUT2D eigenvalue weighted by molar-refractivity contribution is 7.89. The quantitative estimate of drug-likeness (QED) is 0.613. The van der Waals surface area contributed by atoms with Crippen molar-refractivity contribution >= 4 is 21.6 Å². The molecule has 7 nitrogen and oxygen atoms in total. The number of rotatable bonds is 6. The second-order valence-corrected chi connectivity index (χ2v) is 9.35. The highest BCUT2D eigenvalue weighted by Gasteiger charge is 2.29. The lowest BCUT2D eigenvalue weighted by Gasteiger charge is -2.22. The SMILES string of the molecule is COc1ccc(-n2c(-c3ccc(Cl)cc3)nnc2S(=O)(=O)NC2CCCCC2)cc1. The summed E-state index contributed by atoms with van der Waals surface area (Å²) in [4.78, 5) is 0. The molecule has 0 saturated heterocycles. The molecule has 0 atom stereocenters. The van der Waals surface area contributed by atoms with Gasteiger partial charge in [0.05, 0.1) is 12.8 Å². The van der Waals surface area contributed by atoms with Crippen molar-refractivity contribution in [2.75, 3.05) is 7.11 Å². The summed E-state index contributed by atoms with van der Waals surface area (Å²) in [6.07, 6.45) is 4.85. The van der Waals surface area contributed by atoms with E-state index in [0.29, 0.717) is 27.8 Å². The van der Waals surface area contributed by atoms with Gasteiger partial charge in [0.25, 0.3) is 15.2 Å². The van der Waals surface area contributed by atoms with Crippen molar-refractivity contribution in [3.63, 3.8) is 0 Å². The van der Waals surface area contributed by atoms with Crippen molar-refractivity contribution in [1.29, 1.82) is 0 Å². The van der Waals surface area contributed by atoms with Crippen LogP contribution in [-0.2, 0) is 10.0 Å². The fraction of sp³-hybridized carbons (Fsp3) is 0.333. The molecule has 4 rings (SSSR count). The van der Waals surface area contributed by atoms with Crippen LogP contribution in [0.3, 0.4) is 0 Å². The molecule has 0 unspecified atom stereocenters. The predicted octanol–water partition coefficient (Wildman–Crippen LogP) is 4.21. The summed E-state index contributed by atoms with van der Waals surface area (Å²) in [7, 11) is -2.29. The number of benzene rings is 2. The highest BCUT2D eigenvalue weighted by atomic mass is 35.5. The van der Waals surface area contributed by atoms with E-state index in [1.807, 2.05) is 0 Å². The summed E-state index contributed by atoms with van der Waals surface area (Å²) < 4.78 is 36.1. The molecule has 1 aliphatic rings. The van der Waals surface area contributed by atoms with Gasteiger partial charge in [0.1, 0.15) is 5.75 Å². The average Bonchev–Trinajstić information content (AvgIpc) is 3.21. The molecule has 1 heterocycles. The van der Waals surface area contributed by atoms with Crippen molar-refractivity contribution in [1.82, 2.24) is 19.5 Å². The van der Waals surface area contributed by atoms with E-state index in [1.165, 1.54) is 0 Å². The van der Waals surface area contributed by atoms with Gasteiger partial charge in [-0.15, -0.1) is 10.2 Å². The van der Waals surface area contributed by atoms with Crippen LogP contribution in [0.15, 0.2) is 53.7 Å². The van der Waals surface area contributed by atoms with Crippen molar-refractivity contribution in [3.8, 4) is 22.8 Å². The van der Waals surface area contributed by atoms with Crippen LogP contribution in [0.1, 0.15) is 32.1 Å². The molecular weight excluding hydrogens is 424 g/mol. The fourth-order valence-electron chi connectivity index (χ4n) is 3.69. The Bertz CT molecular complexity index is 1110. The lowest BCUT2D eigenvalue weighted by atomic mass is 9.96. The first kappa shape index (κ1) is 20.8. The van der Waals surface area contributed by atoms with Crippen LogP contribution in [0.4, 0.5) is 0 Å². The van der Waals surface area contributed by atoms with Gasteiger partial charge in [-0.1, -0.05) is 30.9 Å². The number of aromatic nitrogens is 3. The maximum Gasteiger partial charge on any atom is 0.276 e. The van der Waals surface area contributed by atoms with Crippen LogP contribution in [-0.4, -0.2) is 36.3 Å². The predicted molar refractivity (Wildman–Crippen MR) is 116 cm³/mol. The molecule has 158 valence electrons. The van der Waals surface area contributed by atoms with Crippen molar-refractivity contribution in [2.24, 2.45) is 0 Å². The first-order valence-electron chi connectivity index (χ1n) is 9.86. The van der Waals surface area contributed by atoms with Crippen LogP contribution in [0.25, 0.3) is 17.1 Å². The number of nitrogens with one attached hydrogen (secondary N) is 1. The molecule has 1 aliphatic carbocycles. The first-order chi connectivity index (χ1) is 14.5. The summed E-state index contributed by atoms with van der Waals surface area (Å²) in [6.45, 7) is 0. The summed E-state index contributed by atoms with van der Waals surface area (Å²) >= 11 is 6.01. The maximum absolute atomic E-state index is 13.2. The Morgan fingerprint density at radius 3 is 2.30 bits per heavy atom. The maximum atomic E-state index is 13.2. The van der Waals surface area contributed by atoms with E-state index in [1.54, 1.807) is 60.2 Å². The van der Waals surface area contributed by atoms with Crippen LogP contribution in [0, 0.1) is 0 Å². The zero-order valence-corrected chi connectivity index (χ0v) is 18.2. The molecule has 1 fully saturated rings. The molecule has 30 heavy (non-hydrogen) atoms. The molecule has 0 radical (unpaired) electrons. The normalized spacial score (nSPS) is 15.3. The minimum absolute atomic E-state index is 0.0799. The van der Waals surface area contributed by atoms with Crippen LogP contribution in [0.5, 0.6) is 5.75 Å². The third kappa shape index (κ3) is 4.35. The van der Waals surface area contributed by atoms with Gasteiger partial charge in [-0.2, -0.15) is 0 Å². The van der Waals surface area contributed by atoms with Crippen molar-refractivity contribution in [3.05, 3.63) is 53.6 Å². The molecule has 2 aromatic carbocycles. The van der Waals surface area contributed by atoms with Crippen LogP contribution in [0.2, 0.25) is 5.02 Å². The van der Waals surface area contributed by atoms with E-state index in [0.717, 1.165) is 32.1 Å². The molecule has 1 saturated carbocycles. The lowest BCUT2D eigenvalue weighted by molar-refractivity contribution is 0.410. The van der Waals surface area contributed by atoms with Gasteiger partial charge in [0.15, 0.2) is 5.82 Å². The molecule has 1 aromatic heterocycles. The Morgan fingerprint density at radius 1 is 1.00 bits per heavy atom. The second kappa shape index (κ2) is 8.75. The Hall–Kier alpha value is -2.42. The fourth-order valence-corrected chi connectivity index (χ4v) is 5.17. The Morgan fingerprint density at radius 2 is 1.67 bits per heavy atom. The van der Waals surface area contributed by atoms with E-state index >= 15 is 0 Å². The zero-order valence-electron chi connectivity index (χ0n) is 16.6. The van der Waals surface area contributed by atoms with E-state index in [-0.39, 0.29) is 11.2 Å². The van der Waals surface area contributed by atoms with Gasteiger partial charge in [0.2, 0.25) is 0 Å². The highest BCUT2D eigenvalue weighted by Crippen LogP contribution is 2.28. The average molecular weight is 447 g/mol. The summed E-state index contributed by atoms with van der Waals surface area (Å²) in [5, 5.41) is 8.73. The number of hydrogen-bond acceptors (Lipinski definition) is 5. The van der Waals surface area contributed by atoms with Gasteiger partial charge in [-0.25, -0.2) is 13.1 Å². The number of hydrogen-bond donors (Lipinski definition) is 1. The van der Waals surface area contributed by atoms with E-state index in [9.17, 15) is 8.42 Å². The first-order valence-corrected chi connectivity index (χ1v) is 11.7. The summed E-state index contributed by atoms with van der Waals surface area (Å²) in [5.74, 6) is 1.09. The molecular formula is C21H23ClN4O3S. The van der Waals surface area contributed by atoms with Crippen molar-refractivity contribution in [2.45, 2.75) is 43.3 Å². The molecule has 9 heteroatoms. The Kier molecular flexibility index (Phi) is 6.08. The Balaban J connectivity index is 1.80. The molecule has 1 N–H and O–H groups in total. The van der Waals surface area contributed by atoms with Gasteiger partial charge < -0.3 is 4.74 Å². The minimum Gasteiger partial charge on any atom is -0.497 e. The topological polar surface area (TPSA) is 86.1 Å². The largest absolute Gasteiger partial charge is 0.497 e. The van der Waals surface area contributed by atoms with Gasteiger partial charge in [-0.05, 0) is 61.4 Å². The van der Waals surface area contributed by atoms with E-state index < -0.39 is 10.0 Å². The lowest BCUT2D eigenvalue weighted by Crippen LogP contribution is -2.37. The molecule has 0 amide bonds. The van der Waals surface area contributed by atoms with Gasteiger partial charge in [-0.3, -0.25) is 4.57 Å². The summed E-state index contributed by atoms with van der Waals surface area (Å²) in [6, 6.07) is 14.1. The number of methoxy groups -OCH3 is 1. The third-order valence-electron chi connectivity index (χ3n) is 5.23. The van der Waals surface area contributed by atoms with E-state index in [4.69, 9.17) is 16.3 Å². The number of ether oxygens (including phenoxy) is 1. The second-order valence-electron chi connectivity index (χ2n) is 7.30. The van der Waals surface area contributed by atoms with Crippen LogP contribution < -0.4 is 9.46 Å². The smallest absolute Gasteiger partial charge is 0.276 e. The summed E-state index contributed by atoms with van der Waals surface area (Å²) in [5.41, 5.74) is 1.33. The Labute approximate surface area is 181 Å². The molecule has 0 bridgehead atoms. The van der Waals surface area contributed by atoms with Crippen LogP contribution >= 0.6 is 11.6 Å². The number of halogens is 1. The third-order valence-corrected chi connectivity index (χ3v) is 6.87. The number of sulfonamides is 1. The monoisotopic (exact) mass is 446 g/mol. The molecule has 0 spiro atoms. The van der Waals surface area contributed by atoms with Gasteiger partial charge >= 0.3 is 0 Å². The zero-order chi connectivity index (χ0) is 21.1. The van der Waals surface area contributed by atoms with Gasteiger partial charge in [0, 0.05) is 16.6 Å². The van der Waals surface area contributed by atoms with E-state index in [2.05, 4.69) is 14.9 Å². The molecule has 0 aliphatic heterocycles.